The van der Waals surface area contributed by atoms with Crippen molar-refractivity contribution in [2.75, 3.05) is 5.32 Å². The maximum Gasteiger partial charge on any atom is 0.320 e. The summed E-state index contributed by atoms with van der Waals surface area (Å²) in [5, 5.41) is 13.0. The number of amides is 2. The number of carbonyl (C=O) groups excluding carboxylic acids is 1. The second-order valence-electron chi connectivity index (χ2n) is 4.85. The van der Waals surface area contributed by atoms with Crippen LogP contribution in [0.2, 0.25) is 0 Å². The van der Waals surface area contributed by atoms with Gasteiger partial charge < -0.3 is 5.32 Å². The van der Waals surface area contributed by atoms with Crippen LogP contribution in [0, 0.1) is 13.8 Å². The number of hydrogen-bond donors (Lipinski definition) is 2. The summed E-state index contributed by atoms with van der Waals surface area (Å²) in [6.45, 7) is 6.04. The Morgan fingerprint density at radius 1 is 1.20 bits per heavy atom. The summed E-state index contributed by atoms with van der Waals surface area (Å²) in [5.74, 6) is 0.428. The van der Waals surface area contributed by atoms with Gasteiger partial charge in [0.05, 0.1) is 6.04 Å². The van der Waals surface area contributed by atoms with Crippen molar-refractivity contribution < 1.29 is 4.79 Å². The van der Waals surface area contributed by atoms with Gasteiger partial charge in [-0.15, -0.1) is 5.10 Å². The minimum atomic E-state index is -0.294. The molecule has 0 saturated heterocycles. The van der Waals surface area contributed by atoms with Crippen LogP contribution in [0.5, 0.6) is 0 Å². The summed E-state index contributed by atoms with van der Waals surface area (Å²) in [4.78, 5) is 11.9. The van der Waals surface area contributed by atoms with Gasteiger partial charge >= 0.3 is 6.03 Å². The number of anilines is 1. The molecule has 20 heavy (non-hydrogen) atoms. The number of carbonyl (C=O) groups is 1. The van der Waals surface area contributed by atoms with Gasteiger partial charge in [0.15, 0.2) is 5.82 Å². The van der Waals surface area contributed by atoms with E-state index in [0.29, 0.717) is 5.82 Å². The second kappa shape index (κ2) is 6.14. The lowest BCUT2D eigenvalue weighted by Crippen LogP contribution is -2.31. The minimum Gasteiger partial charge on any atom is -0.331 e. The van der Waals surface area contributed by atoms with Gasteiger partial charge in [-0.2, -0.15) is 5.10 Å². The molecule has 1 heterocycles. The first kappa shape index (κ1) is 14.0. The molecule has 0 saturated carbocycles. The maximum absolute atomic E-state index is 11.9. The molecule has 2 amide bonds. The molecule has 104 valence electrons. The van der Waals surface area contributed by atoms with Gasteiger partial charge in [-0.3, -0.25) is 5.32 Å². The normalized spacial score (nSPS) is 11.8. The molecule has 2 aromatic rings. The van der Waals surface area contributed by atoms with Crippen LogP contribution >= 0.6 is 0 Å². The third-order valence-corrected chi connectivity index (χ3v) is 2.91. The average Bonchev–Trinajstić information content (AvgIpc) is 2.38. The van der Waals surface area contributed by atoms with E-state index in [0.717, 1.165) is 5.56 Å². The monoisotopic (exact) mass is 270 g/mol. The van der Waals surface area contributed by atoms with Crippen LogP contribution in [0.15, 0.2) is 36.5 Å². The average molecular weight is 270 g/mol. The van der Waals surface area contributed by atoms with Crippen molar-refractivity contribution >= 4 is 11.8 Å². The fraction of sp³-hybridized carbons (Fsp3) is 0.267. The molecular weight excluding hydrogens is 252 g/mol. The third-order valence-electron chi connectivity index (χ3n) is 2.91. The molecule has 0 aliphatic rings. The van der Waals surface area contributed by atoms with E-state index >= 15 is 0 Å². The quantitative estimate of drug-likeness (QED) is 0.901. The van der Waals surface area contributed by atoms with E-state index in [1.807, 2.05) is 20.8 Å². The molecule has 0 radical (unpaired) electrons. The Bertz CT molecular complexity index is 578. The van der Waals surface area contributed by atoms with Gasteiger partial charge in [-0.05, 0) is 38.5 Å². The largest absolute Gasteiger partial charge is 0.331 e. The number of benzene rings is 1. The molecule has 5 nitrogen and oxygen atoms in total. The summed E-state index contributed by atoms with van der Waals surface area (Å²) in [6, 6.07) is 9.28. The van der Waals surface area contributed by atoms with Crippen molar-refractivity contribution in [3.05, 3.63) is 53.2 Å². The first-order valence-corrected chi connectivity index (χ1v) is 6.48. The highest BCUT2D eigenvalue weighted by atomic mass is 16.2. The minimum absolute atomic E-state index is 0.0785. The van der Waals surface area contributed by atoms with Gasteiger partial charge in [0.25, 0.3) is 0 Å². The fourth-order valence-electron chi connectivity index (χ4n) is 2.06. The SMILES string of the molecule is Cc1cc(C)cc(C(C)NC(=O)Nc2cccnn2)c1. The summed E-state index contributed by atoms with van der Waals surface area (Å²) >= 11 is 0. The highest BCUT2D eigenvalue weighted by Gasteiger charge is 2.10. The first-order chi connectivity index (χ1) is 9.54. The predicted molar refractivity (Wildman–Crippen MR) is 78.5 cm³/mol. The standard InChI is InChI=1S/C15H18N4O/c1-10-7-11(2)9-13(8-10)12(3)17-15(20)18-14-5-4-6-16-19-14/h4-9,12H,1-3H3,(H2,17,18,19,20). The van der Waals surface area contributed by atoms with Gasteiger partial charge in [0, 0.05) is 6.20 Å². The maximum atomic E-state index is 11.9. The Balaban J connectivity index is 2.00. The zero-order chi connectivity index (χ0) is 14.5. The molecule has 0 spiro atoms. The van der Waals surface area contributed by atoms with Gasteiger partial charge in [-0.1, -0.05) is 29.3 Å². The van der Waals surface area contributed by atoms with E-state index in [1.54, 1.807) is 18.3 Å². The second-order valence-corrected chi connectivity index (χ2v) is 4.85. The number of rotatable bonds is 3. The van der Waals surface area contributed by atoms with Crippen LogP contribution in [0.1, 0.15) is 29.7 Å². The predicted octanol–water partition coefficient (Wildman–Crippen LogP) is 2.98. The number of nitrogens with zero attached hydrogens (tertiary/aromatic N) is 2. The Hall–Kier alpha value is -2.43. The molecular formula is C15H18N4O. The van der Waals surface area contributed by atoms with Crippen molar-refractivity contribution in [3.8, 4) is 0 Å². The highest BCUT2D eigenvalue weighted by Crippen LogP contribution is 2.16. The molecule has 0 bridgehead atoms. The fourth-order valence-corrected chi connectivity index (χ4v) is 2.06. The summed E-state index contributed by atoms with van der Waals surface area (Å²) in [7, 11) is 0. The van der Waals surface area contributed by atoms with Crippen LogP contribution < -0.4 is 10.6 Å². The summed E-state index contributed by atoms with van der Waals surface area (Å²) in [5.41, 5.74) is 3.45. The molecule has 5 heteroatoms. The summed E-state index contributed by atoms with van der Waals surface area (Å²) < 4.78 is 0. The Morgan fingerprint density at radius 3 is 2.50 bits per heavy atom. The van der Waals surface area contributed by atoms with Crippen LogP contribution in [0.4, 0.5) is 10.6 Å². The van der Waals surface area contributed by atoms with Gasteiger partial charge in [0.2, 0.25) is 0 Å². The third kappa shape index (κ3) is 3.78. The van der Waals surface area contributed by atoms with E-state index in [1.165, 1.54) is 11.1 Å². The first-order valence-electron chi connectivity index (χ1n) is 6.48. The molecule has 1 atom stereocenters. The van der Waals surface area contributed by atoms with Gasteiger partial charge in [0.1, 0.15) is 0 Å². The van der Waals surface area contributed by atoms with E-state index in [9.17, 15) is 4.79 Å². The topological polar surface area (TPSA) is 66.9 Å². The van der Waals surface area contributed by atoms with Gasteiger partial charge in [-0.25, -0.2) is 4.79 Å². The number of urea groups is 1. The van der Waals surface area contributed by atoms with Crippen molar-refractivity contribution in [3.63, 3.8) is 0 Å². The van der Waals surface area contributed by atoms with E-state index in [4.69, 9.17) is 0 Å². The molecule has 1 aromatic carbocycles. The Morgan fingerprint density at radius 2 is 1.90 bits per heavy atom. The highest BCUT2D eigenvalue weighted by molar-refractivity contribution is 5.88. The van der Waals surface area contributed by atoms with E-state index < -0.39 is 0 Å². The lowest BCUT2D eigenvalue weighted by molar-refractivity contribution is 0.249. The van der Waals surface area contributed by atoms with E-state index in [2.05, 4.69) is 39.0 Å². The summed E-state index contributed by atoms with van der Waals surface area (Å²) in [6.07, 6.45) is 1.56. The zero-order valence-electron chi connectivity index (χ0n) is 11.8. The van der Waals surface area contributed by atoms with Crippen LogP contribution in [0.3, 0.4) is 0 Å². The molecule has 0 fully saturated rings. The zero-order valence-corrected chi connectivity index (χ0v) is 11.8. The number of hydrogen-bond acceptors (Lipinski definition) is 3. The molecule has 1 aromatic heterocycles. The lowest BCUT2D eigenvalue weighted by atomic mass is 10.0. The number of aryl methyl sites for hydroxylation is 2. The number of nitrogens with one attached hydrogen (secondary N) is 2. The lowest BCUT2D eigenvalue weighted by Gasteiger charge is -2.16. The van der Waals surface area contributed by atoms with E-state index in [-0.39, 0.29) is 12.1 Å². The molecule has 2 N–H and O–H groups in total. The van der Waals surface area contributed by atoms with Crippen LogP contribution in [-0.2, 0) is 0 Å². The van der Waals surface area contributed by atoms with Crippen molar-refractivity contribution in [1.29, 1.82) is 0 Å². The molecule has 2 rings (SSSR count). The van der Waals surface area contributed by atoms with Crippen LogP contribution in [-0.4, -0.2) is 16.2 Å². The Labute approximate surface area is 118 Å². The molecule has 0 aliphatic carbocycles. The van der Waals surface area contributed by atoms with Crippen LogP contribution in [0.25, 0.3) is 0 Å². The van der Waals surface area contributed by atoms with Crippen molar-refractivity contribution in [2.24, 2.45) is 0 Å². The molecule has 0 aliphatic heterocycles. The Kier molecular flexibility index (Phi) is 4.30. The van der Waals surface area contributed by atoms with Crippen molar-refractivity contribution in [2.45, 2.75) is 26.8 Å². The number of aromatic nitrogens is 2. The molecule has 1 unspecified atom stereocenters. The smallest absolute Gasteiger partial charge is 0.320 e. The van der Waals surface area contributed by atoms with Crippen molar-refractivity contribution in [1.82, 2.24) is 15.5 Å².